The molecule has 0 aliphatic heterocycles. The lowest BCUT2D eigenvalue weighted by Gasteiger charge is -2.21. The van der Waals surface area contributed by atoms with Crippen LogP contribution < -0.4 is 5.32 Å². The molecule has 1 aromatic heterocycles. The molecule has 2 rings (SSSR count). The lowest BCUT2D eigenvalue weighted by atomic mass is 10.3. The number of nitrogens with one attached hydrogen (secondary N) is 1. The third-order valence-corrected chi connectivity index (χ3v) is 5.64. The average Bonchev–Trinajstić information content (AvgIpc) is 3.31. The Morgan fingerprint density at radius 3 is 2.92 bits per heavy atom. The number of rotatable bonds is 10. The SMILES string of the molecule is CCNC(=NCCCOC1CCCC1)N(C)Cc1csc(C(C)OC)n1. The van der Waals surface area contributed by atoms with Crippen LogP contribution in [0.1, 0.15) is 62.8 Å². The van der Waals surface area contributed by atoms with Gasteiger partial charge < -0.3 is 19.7 Å². The number of hydrogen-bond acceptors (Lipinski definition) is 5. The first-order valence-corrected chi connectivity index (χ1v) is 10.6. The Kier molecular flexibility index (Phi) is 9.36. The van der Waals surface area contributed by atoms with E-state index in [2.05, 4.69) is 34.6 Å². The van der Waals surface area contributed by atoms with Crippen LogP contribution in [-0.2, 0) is 16.0 Å². The highest BCUT2D eigenvalue weighted by Gasteiger charge is 2.15. The Morgan fingerprint density at radius 1 is 1.46 bits per heavy atom. The molecule has 0 bridgehead atoms. The van der Waals surface area contributed by atoms with Gasteiger partial charge in [0.1, 0.15) is 11.1 Å². The second-order valence-corrected chi connectivity index (χ2v) is 7.67. The molecule has 1 aliphatic carbocycles. The van der Waals surface area contributed by atoms with Crippen molar-refractivity contribution in [2.75, 3.05) is 33.9 Å². The molecule has 1 unspecified atom stereocenters. The zero-order chi connectivity index (χ0) is 18.8. The topological polar surface area (TPSA) is 59.0 Å². The van der Waals surface area contributed by atoms with Crippen molar-refractivity contribution in [1.29, 1.82) is 0 Å². The van der Waals surface area contributed by atoms with Crippen molar-refractivity contribution in [2.24, 2.45) is 4.99 Å². The number of guanidine groups is 1. The summed E-state index contributed by atoms with van der Waals surface area (Å²) in [5.41, 5.74) is 1.05. The monoisotopic (exact) mass is 382 g/mol. The van der Waals surface area contributed by atoms with Gasteiger partial charge in [0.05, 0.1) is 18.3 Å². The Morgan fingerprint density at radius 2 is 2.23 bits per heavy atom. The zero-order valence-electron chi connectivity index (χ0n) is 16.7. The molecular formula is C19H34N4O2S. The minimum atomic E-state index is 0.0424. The number of methoxy groups -OCH3 is 1. The molecule has 0 saturated heterocycles. The fraction of sp³-hybridized carbons (Fsp3) is 0.789. The van der Waals surface area contributed by atoms with E-state index in [9.17, 15) is 0 Å². The molecule has 6 nitrogen and oxygen atoms in total. The van der Waals surface area contributed by atoms with Gasteiger partial charge in [0, 0.05) is 39.2 Å². The zero-order valence-corrected chi connectivity index (χ0v) is 17.5. The van der Waals surface area contributed by atoms with Gasteiger partial charge in [0.25, 0.3) is 0 Å². The summed E-state index contributed by atoms with van der Waals surface area (Å²) in [6, 6.07) is 0. The van der Waals surface area contributed by atoms with Gasteiger partial charge in [-0.25, -0.2) is 4.98 Å². The predicted octanol–water partition coefficient (Wildman–Crippen LogP) is 3.60. The predicted molar refractivity (Wildman–Crippen MR) is 108 cm³/mol. The minimum absolute atomic E-state index is 0.0424. The quantitative estimate of drug-likeness (QED) is 0.381. The first-order valence-electron chi connectivity index (χ1n) is 9.72. The normalized spacial score (nSPS) is 16.8. The van der Waals surface area contributed by atoms with Gasteiger partial charge in [-0.15, -0.1) is 11.3 Å². The van der Waals surface area contributed by atoms with Crippen LogP contribution in [-0.4, -0.2) is 55.8 Å². The maximum absolute atomic E-state index is 5.91. The summed E-state index contributed by atoms with van der Waals surface area (Å²) in [6.07, 6.45) is 6.59. The van der Waals surface area contributed by atoms with Crippen molar-refractivity contribution in [1.82, 2.24) is 15.2 Å². The van der Waals surface area contributed by atoms with Crippen LogP contribution in [0.5, 0.6) is 0 Å². The van der Waals surface area contributed by atoms with Crippen molar-refractivity contribution < 1.29 is 9.47 Å². The Balaban J connectivity index is 1.79. The molecule has 148 valence electrons. The van der Waals surface area contributed by atoms with Crippen molar-refractivity contribution in [2.45, 2.75) is 64.7 Å². The van der Waals surface area contributed by atoms with Gasteiger partial charge >= 0.3 is 0 Å². The maximum atomic E-state index is 5.91. The summed E-state index contributed by atoms with van der Waals surface area (Å²) in [5, 5.41) is 6.47. The molecule has 7 heteroatoms. The van der Waals surface area contributed by atoms with E-state index in [-0.39, 0.29) is 6.10 Å². The van der Waals surface area contributed by atoms with Gasteiger partial charge in [0.15, 0.2) is 5.96 Å². The summed E-state index contributed by atoms with van der Waals surface area (Å²) in [6.45, 7) is 7.28. The Labute approximate surface area is 162 Å². The van der Waals surface area contributed by atoms with Crippen LogP contribution in [0.25, 0.3) is 0 Å². The second-order valence-electron chi connectivity index (χ2n) is 6.78. The van der Waals surface area contributed by atoms with Gasteiger partial charge in [0.2, 0.25) is 0 Å². The van der Waals surface area contributed by atoms with Gasteiger partial charge in [-0.3, -0.25) is 4.99 Å². The summed E-state index contributed by atoms with van der Waals surface area (Å²) in [5.74, 6) is 0.919. The molecule has 1 aliphatic rings. The van der Waals surface area contributed by atoms with Crippen molar-refractivity contribution >= 4 is 17.3 Å². The highest BCUT2D eigenvalue weighted by molar-refractivity contribution is 7.09. The standard InChI is InChI=1S/C19H34N4O2S/c1-5-20-19(21-11-8-12-25-17-9-6-7-10-17)23(3)13-16-14-26-18(22-16)15(2)24-4/h14-15,17H,5-13H2,1-4H3,(H,20,21). The van der Waals surface area contributed by atoms with E-state index in [4.69, 9.17) is 14.5 Å². The Hall–Kier alpha value is -1.18. The molecular weight excluding hydrogens is 348 g/mol. The van der Waals surface area contributed by atoms with E-state index in [0.717, 1.165) is 49.3 Å². The third-order valence-electron chi connectivity index (χ3n) is 4.59. The number of aromatic nitrogens is 1. The third kappa shape index (κ3) is 6.85. The fourth-order valence-electron chi connectivity index (χ4n) is 3.02. The first kappa shape index (κ1) is 21.1. The molecule has 0 spiro atoms. The summed E-state index contributed by atoms with van der Waals surface area (Å²) in [4.78, 5) is 11.5. The van der Waals surface area contributed by atoms with E-state index in [1.165, 1.54) is 25.7 Å². The smallest absolute Gasteiger partial charge is 0.194 e. The number of nitrogens with zero attached hydrogens (tertiary/aromatic N) is 3. The molecule has 1 fully saturated rings. The fourth-order valence-corrected chi connectivity index (χ4v) is 3.87. The number of aliphatic imine (C=N–C) groups is 1. The van der Waals surface area contributed by atoms with Gasteiger partial charge in [-0.2, -0.15) is 0 Å². The highest BCUT2D eigenvalue weighted by Crippen LogP contribution is 2.21. The summed E-state index contributed by atoms with van der Waals surface area (Å²) >= 11 is 1.65. The molecule has 0 amide bonds. The van der Waals surface area contributed by atoms with E-state index < -0.39 is 0 Å². The lowest BCUT2D eigenvalue weighted by Crippen LogP contribution is -2.38. The lowest BCUT2D eigenvalue weighted by molar-refractivity contribution is 0.0579. The van der Waals surface area contributed by atoms with Crippen LogP contribution >= 0.6 is 11.3 Å². The molecule has 26 heavy (non-hydrogen) atoms. The van der Waals surface area contributed by atoms with Crippen molar-refractivity contribution in [3.8, 4) is 0 Å². The molecule has 1 saturated carbocycles. The van der Waals surface area contributed by atoms with Crippen molar-refractivity contribution in [3.63, 3.8) is 0 Å². The first-order chi connectivity index (χ1) is 12.6. The van der Waals surface area contributed by atoms with Crippen LogP contribution in [0.15, 0.2) is 10.4 Å². The number of thiazole rings is 1. The van der Waals surface area contributed by atoms with Gasteiger partial charge in [-0.05, 0) is 33.1 Å². The number of hydrogen-bond donors (Lipinski definition) is 1. The van der Waals surface area contributed by atoms with E-state index in [1.54, 1.807) is 18.4 Å². The van der Waals surface area contributed by atoms with Crippen molar-refractivity contribution in [3.05, 3.63) is 16.1 Å². The van der Waals surface area contributed by atoms with E-state index >= 15 is 0 Å². The average molecular weight is 383 g/mol. The molecule has 1 aromatic rings. The van der Waals surface area contributed by atoms with Crippen LogP contribution in [0.2, 0.25) is 0 Å². The molecule has 0 radical (unpaired) electrons. The largest absolute Gasteiger partial charge is 0.378 e. The summed E-state index contributed by atoms with van der Waals surface area (Å²) in [7, 11) is 3.76. The van der Waals surface area contributed by atoms with Crippen LogP contribution in [0.4, 0.5) is 0 Å². The van der Waals surface area contributed by atoms with Crippen LogP contribution in [0, 0.1) is 0 Å². The number of ether oxygens (including phenoxy) is 2. The van der Waals surface area contributed by atoms with E-state index in [1.807, 2.05) is 6.92 Å². The van der Waals surface area contributed by atoms with E-state index in [0.29, 0.717) is 6.10 Å². The molecule has 1 atom stereocenters. The molecule has 1 N–H and O–H groups in total. The Bertz CT molecular complexity index is 543. The minimum Gasteiger partial charge on any atom is -0.378 e. The maximum Gasteiger partial charge on any atom is 0.194 e. The van der Waals surface area contributed by atoms with Crippen LogP contribution in [0.3, 0.4) is 0 Å². The summed E-state index contributed by atoms with van der Waals surface area (Å²) < 4.78 is 11.3. The molecule has 1 heterocycles. The second kappa shape index (κ2) is 11.5. The van der Waals surface area contributed by atoms with Gasteiger partial charge in [-0.1, -0.05) is 12.8 Å². The molecule has 0 aromatic carbocycles. The highest BCUT2D eigenvalue weighted by atomic mass is 32.1.